The molecule has 0 aliphatic rings. The highest BCUT2D eigenvalue weighted by atomic mass is 32.1. The van der Waals surface area contributed by atoms with Crippen LogP contribution in [-0.2, 0) is 0 Å². The summed E-state index contributed by atoms with van der Waals surface area (Å²) in [5, 5.41) is 14.9. The predicted octanol–water partition coefficient (Wildman–Crippen LogP) is 1.86. The molecule has 5 nitrogen and oxygen atoms in total. The van der Waals surface area contributed by atoms with E-state index in [9.17, 15) is 4.79 Å². The lowest BCUT2D eigenvalue weighted by Crippen LogP contribution is -1.89. The van der Waals surface area contributed by atoms with Crippen molar-refractivity contribution in [1.29, 1.82) is 0 Å². The van der Waals surface area contributed by atoms with Crippen LogP contribution in [0.25, 0.3) is 12.2 Å². The van der Waals surface area contributed by atoms with Crippen LogP contribution < -0.4 is 0 Å². The molecule has 0 radical (unpaired) electrons. The van der Waals surface area contributed by atoms with Gasteiger partial charge >= 0.3 is 5.97 Å². The van der Waals surface area contributed by atoms with E-state index in [4.69, 9.17) is 5.11 Å². The quantitative estimate of drug-likeness (QED) is 0.884. The first-order chi connectivity index (χ1) is 7.25. The average Bonchev–Trinajstić information content (AvgIpc) is 2.86. The van der Waals surface area contributed by atoms with Gasteiger partial charge in [-0.1, -0.05) is 4.49 Å². The number of hydrogen-bond acceptors (Lipinski definition) is 6. The van der Waals surface area contributed by atoms with E-state index in [-0.39, 0.29) is 4.88 Å². The Bertz CT molecular complexity index is 490. The Labute approximate surface area is 92.9 Å². The monoisotopic (exact) mass is 239 g/mol. The predicted molar refractivity (Wildman–Crippen MR) is 57.9 cm³/mol. The van der Waals surface area contributed by atoms with Crippen molar-refractivity contribution >= 4 is 41.0 Å². The van der Waals surface area contributed by atoms with Crippen molar-refractivity contribution in [2.75, 3.05) is 0 Å². The van der Waals surface area contributed by atoms with Gasteiger partial charge in [-0.25, -0.2) is 9.78 Å². The maximum atomic E-state index is 10.6. The number of nitrogens with zero attached hydrogens (tertiary/aromatic N) is 3. The van der Waals surface area contributed by atoms with Crippen LogP contribution in [0.1, 0.15) is 20.4 Å². The highest BCUT2D eigenvalue weighted by Gasteiger charge is 2.06. The maximum absolute atomic E-state index is 10.6. The zero-order valence-corrected chi connectivity index (χ0v) is 8.96. The molecule has 0 bridgehead atoms. The number of rotatable bonds is 3. The second-order valence-electron chi connectivity index (χ2n) is 2.53. The smallest absolute Gasteiger partial charge is 0.347 e. The van der Waals surface area contributed by atoms with Gasteiger partial charge in [0.1, 0.15) is 9.88 Å². The van der Waals surface area contributed by atoms with Crippen molar-refractivity contribution in [3.8, 4) is 0 Å². The molecule has 76 valence electrons. The number of thiazole rings is 1. The molecular formula is C8H5N3O2S2. The molecule has 0 aliphatic carbocycles. The first kappa shape index (κ1) is 9.94. The standard InChI is InChI=1S/C8H5N3O2S2/c12-8(13)6-3-9-7(15-6)2-1-5-4-14-11-10-5/h1-4H,(H,12,13). The topological polar surface area (TPSA) is 76.0 Å². The summed E-state index contributed by atoms with van der Waals surface area (Å²) in [7, 11) is 0. The largest absolute Gasteiger partial charge is 0.477 e. The summed E-state index contributed by atoms with van der Waals surface area (Å²) < 4.78 is 3.70. The van der Waals surface area contributed by atoms with Gasteiger partial charge in [-0.05, 0) is 23.7 Å². The molecule has 0 atom stereocenters. The number of carboxylic acid groups (broad SMARTS) is 1. The lowest BCUT2D eigenvalue weighted by atomic mass is 10.4. The highest BCUT2D eigenvalue weighted by molar-refractivity contribution is 7.14. The van der Waals surface area contributed by atoms with Crippen LogP contribution in [0.15, 0.2) is 11.6 Å². The fourth-order valence-corrected chi connectivity index (χ4v) is 1.95. The molecule has 0 fully saturated rings. The molecule has 7 heteroatoms. The van der Waals surface area contributed by atoms with Gasteiger partial charge in [0.25, 0.3) is 0 Å². The minimum atomic E-state index is -0.956. The van der Waals surface area contributed by atoms with E-state index in [1.807, 2.05) is 0 Å². The minimum absolute atomic E-state index is 0.228. The molecule has 2 heterocycles. The molecule has 0 spiro atoms. The summed E-state index contributed by atoms with van der Waals surface area (Å²) in [5.41, 5.74) is 0.743. The molecule has 0 aromatic carbocycles. The molecule has 0 aliphatic heterocycles. The molecule has 0 amide bonds. The Balaban J connectivity index is 2.14. The van der Waals surface area contributed by atoms with Crippen molar-refractivity contribution in [2.24, 2.45) is 0 Å². The van der Waals surface area contributed by atoms with Crippen molar-refractivity contribution in [2.45, 2.75) is 0 Å². The molecule has 15 heavy (non-hydrogen) atoms. The normalized spacial score (nSPS) is 10.9. The first-order valence-corrected chi connectivity index (χ1v) is 5.55. The highest BCUT2D eigenvalue weighted by Crippen LogP contribution is 2.15. The van der Waals surface area contributed by atoms with Gasteiger partial charge in [0.05, 0.1) is 11.9 Å². The second kappa shape index (κ2) is 4.28. The number of hydrogen-bond donors (Lipinski definition) is 1. The number of carbonyl (C=O) groups is 1. The van der Waals surface area contributed by atoms with E-state index < -0.39 is 5.97 Å². The minimum Gasteiger partial charge on any atom is -0.477 e. The third-order valence-electron chi connectivity index (χ3n) is 1.51. The third kappa shape index (κ3) is 2.45. The van der Waals surface area contributed by atoms with E-state index in [2.05, 4.69) is 14.6 Å². The summed E-state index contributed by atoms with van der Waals surface area (Å²) >= 11 is 2.38. The summed E-state index contributed by atoms with van der Waals surface area (Å²) in [4.78, 5) is 14.7. The van der Waals surface area contributed by atoms with Crippen LogP contribution in [0.2, 0.25) is 0 Å². The van der Waals surface area contributed by atoms with Crippen molar-refractivity contribution in [1.82, 2.24) is 14.6 Å². The van der Waals surface area contributed by atoms with Crippen LogP contribution in [0, 0.1) is 0 Å². The van der Waals surface area contributed by atoms with Crippen molar-refractivity contribution < 1.29 is 9.90 Å². The molecule has 2 aromatic heterocycles. The Morgan fingerprint density at radius 1 is 1.47 bits per heavy atom. The molecule has 1 N–H and O–H groups in total. The molecule has 2 rings (SSSR count). The van der Waals surface area contributed by atoms with Crippen LogP contribution in [0.3, 0.4) is 0 Å². The number of carboxylic acids is 1. The fourth-order valence-electron chi connectivity index (χ4n) is 0.865. The fraction of sp³-hybridized carbons (Fsp3) is 0. The van der Waals surface area contributed by atoms with E-state index in [1.165, 1.54) is 17.7 Å². The summed E-state index contributed by atoms with van der Waals surface area (Å²) in [5.74, 6) is -0.956. The Morgan fingerprint density at radius 2 is 2.33 bits per heavy atom. The molecule has 0 unspecified atom stereocenters. The third-order valence-corrected chi connectivity index (χ3v) is 2.98. The van der Waals surface area contributed by atoms with Crippen LogP contribution in [0.4, 0.5) is 0 Å². The van der Waals surface area contributed by atoms with Gasteiger partial charge in [-0.15, -0.1) is 16.4 Å². The Kier molecular flexibility index (Phi) is 2.84. The summed E-state index contributed by atoms with van der Waals surface area (Å²) in [6.45, 7) is 0. The zero-order chi connectivity index (χ0) is 10.7. The molecular weight excluding hydrogens is 234 g/mol. The van der Waals surface area contributed by atoms with Crippen molar-refractivity contribution in [3.63, 3.8) is 0 Å². The number of aromatic carboxylic acids is 1. The Morgan fingerprint density at radius 3 is 2.93 bits per heavy atom. The number of aromatic nitrogens is 3. The molecule has 2 aromatic rings. The van der Waals surface area contributed by atoms with E-state index in [0.717, 1.165) is 17.0 Å². The zero-order valence-electron chi connectivity index (χ0n) is 7.32. The Hall–Kier alpha value is -1.60. The first-order valence-electron chi connectivity index (χ1n) is 3.90. The van der Waals surface area contributed by atoms with Crippen molar-refractivity contribution in [3.05, 3.63) is 27.2 Å². The summed E-state index contributed by atoms with van der Waals surface area (Å²) in [6, 6.07) is 0. The SMILES string of the molecule is O=C(O)c1cnc(C=Cc2csnn2)s1. The summed E-state index contributed by atoms with van der Waals surface area (Å²) in [6.07, 6.45) is 4.80. The van der Waals surface area contributed by atoms with Gasteiger partial charge in [0.15, 0.2) is 0 Å². The second-order valence-corrected chi connectivity index (χ2v) is 4.20. The van der Waals surface area contributed by atoms with E-state index in [1.54, 1.807) is 17.5 Å². The van der Waals surface area contributed by atoms with Crippen LogP contribution >= 0.6 is 22.9 Å². The van der Waals surface area contributed by atoms with Crippen LogP contribution in [0.5, 0.6) is 0 Å². The lowest BCUT2D eigenvalue weighted by molar-refractivity contribution is 0.0702. The average molecular weight is 239 g/mol. The molecule has 0 saturated heterocycles. The van der Waals surface area contributed by atoms with Gasteiger partial charge in [0.2, 0.25) is 0 Å². The van der Waals surface area contributed by atoms with E-state index in [0.29, 0.717) is 5.01 Å². The maximum Gasteiger partial charge on any atom is 0.347 e. The van der Waals surface area contributed by atoms with Crippen LogP contribution in [-0.4, -0.2) is 25.6 Å². The van der Waals surface area contributed by atoms with Gasteiger partial charge in [-0.3, -0.25) is 0 Å². The van der Waals surface area contributed by atoms with Gasteiger partial charge in [0, 0.05) is 5.38 Å². The molecule has 0 saturated carbocycles. The van der Waals surface area contributed by atoms with Gasteiger partial charge in [-0.2, -0.15) is 0 Å². The van der Waals surface area contributed by atoms with E-state index >= 15 is 0 Å². The van der Waals surface area contributed by atoms with Gasteiger partial charge < -0.3 is 5.11 Å². The lowest BCUT2D eigenvalue weighted by Gasteiger charge is -1.81.